The number of hydrogen-bond acceptors (Lipinski definition) is 4. The third kappa shape index (κ3) is 2.93. The van der Waals surface area contributed by atoms with Crippen molar-refractivity contribution in [1.29, 1.82) is 0 Å². The first kappa shape index (κ1) is 15.9. The summed E-state index contributed by atoms with van der Waals surface area (Å²) in [6, 6.07) is 3.31. The molecule has 0 saturated heterocycles. The van der Waals surface area contributed by atoms with Crippen LogP contribution in [-0.4, -0.2) is 32.4 Å². The smallest absolute Gasteiger partial charge is 0.372 e. The van der Waals surface area contributed by atoms with Crippen molar-refractivity contribution in [3.05, 3.63) is 46.1 Å². The van der Waals surface area contributed by atoms with E-state index in [9.17, 15) is 18.8 Å². The third-order valence-corrected chi connectivity index (χ3v) is 3.59. The van der Waals surface area contributed by atoms with Crippen LogP contribution in [0.2, 0.25) is 5.02 Å². The summed E-state index contributed by atoms with van der Waals surface area (Å²) >= 11 is 5.71. The summed E-state index contributed by atoms with van der Waals surface area (Å²) in [5.74, 6) is -3.47. The van der Waals surface area contributed by atoms with Crippen molar-refractivity contribution in [1.82, 2.24) is 14.9 Å². The van der Waals surface area contributed by atoms with Gasteiger partial charge in [0.15, 0.2) is 5.82 Å². The van der Waals surface area contributed by atoms with Gasteiger partial charge >= 0.3 is 5.97 Å². The second-order valence-electron chi connectivity index (χ2n) is 5.01. The minimum atomic E-state index is -1.33. The molecule has 1 aromatic carbocycles. The summed E-state index contributed by atoms with van der Waals surface area (Å²) in [6.45, 7) is -0.204. The van der Waals surface area contributed by atoms with E-state index in [4.69, 9.17) is 16.7 Å². The molecule has 3 rings (SSSR count). The number of nitrogens with zero attached hydrogens (tertiary/aromatic N) is 2. The van der Waals surface area contributed by atoms with E-state index in [2.05, 4.69) is 15.6 Å². The van der Waals surface area contributed by atoms with Crippen LogP contribution >= 0.6 is 11.6 Å². The van der Waals surface area contributed by atoms with Crippen LogP contribution in [0.1, 0.15) is 26.7 Å². The SMILES string of the molecule is O=C1Cn2c(C(=O)O)nc(NC(=O)c3cc(F)cc(Cl)c3)c2CN1. The zero-order valence-corrected chi connectivity index (χ0v) is 12.7. The Morgan fingerprint density at radius 1 is 1.38 bits per heavy atom. The number of nitrogens with one attached hydrogen (secondary N) is 2. The van der Waals surface area contributed by atoms with Crippen LogP contribution in [0, 0.1) is 5.82 Å². The van der Waals surface area contributed by atoms with Gasteiger partial charge in [-0.2, -0.15) is 0 Å². The van der Waals surface area contributed by atoms with Crippen LogP contribution in [0.15, 0.2) is 18.2 Å². The molecule has 1 aliphatic rings. The number of aromatic nitrogens is 2. The summed E-state index contributed by atoms with van der Waals surface area (Å²) in [7, 11) is 0. The zero-order chi connectivity index (χ0) is 17.4. The molecule has 0 atom stereocenters. The first-order chi connectivity index (χ1) is 11.3. The lowest BCUT2D eigenvalue weighted by molar-refractivity contribution is -0.122. The van der Waals surface area contributed by atoms with Crippen molar-refractivity contribution in [3.63, 3.8) is 0 Å². The Morgan fingerprint density at radius 2 is 2.12 bits per heavy atom. The van der Waals surface area contributed by atoms with E-state index in [0.717, 1.165) is 12.1 Å². The summed E-state index contributed by atoms with van der Waals surface area (Å²) in [4.78, 5) is 38.8. The van der Waals surface area contributed by atoms with E-state index in [0.29, 0.717) is 5.69 Å². The molecule has 0 aliphatic carbocycles. The number of aromatic carboxylic acids is 1. The number of anilines is 1. The number of carboxylic acid groups (broad SMARTS) is 1. The highest BCUT2D eigenvalue weighted by Crippen LogP contribution is 2.22. The molecule has 124 valence electrons. The van der Waals surface area contributed by atoms with E-state index in [1.165, 1.54) is 10.6 Å². The average molecular weight is 353 g/mol. The zero-order valence-electron chi connectivity index (χ0n) is 12.0. The third-order valence-electron chi connectivity index (χ3n) is 3.38. The molecule has 0 radical (unpaired) electrons. The number of benzene rings is 1. The maximum atomic E-state index is 13.3. The van der Waals surface area contributed by atoms with E-state index in [1.807, 2.05) is 0 Å². The van der Waals surface area contributed by atoms with Crippen LogP contribution in [0.5, 0.6) is 0 Å². The highest BCUT2D eigenvalue weighted by Gasteiger charge is 2.27. The molecule has 0 fully saturated rings. The van der Waals surface area contributed by atoms with Crippen molar-refractivity contribution in [2.45, 2.75) is 13.1 Å². The molecule has 10 heteroatoms. The lowest BCUT2D eigenvalue weighted by atomic mass is 10.2. The van der Waals surface area contributed by atoms with Crippen molar-refractivity contribution >= 4 is 35.2 Å². The van der Waals surface area contributed by atoms with Gasteiger partial charge in [0.1, 0.15) is 12.4 Å². The fraction of sp³-hybridized carbons (Fsp3) is 0.143. The normalized spacial score (nSPS) is 13.2. The lowest BCUT2D eigenvalue weighted by Gasteiger charge is -2.17. The number of rotatable bonds is 3. The molecule has 0 unspecified atom stereocenters. The molecule has 1 aromatic heterocycles. The molecule has 2 heterocycles. The fourth-order valence-electron chi connectivity index (χ4n) is 2.35. The predicted octanol–water partition coefficient (Wildman–Crippen LogP) is 1.26. The Balaban J connectivity index is 1.95. The number of carboxylic acids is 1. The van der Waals surface area contributed by atoms with Gasteiger partial charge in [0.25, 0.3) is 5.91 Å². The topological polar surface area (TPSA) is 113 Å². The van der Waals surface area contributed by atoms with E-state index in [1.54, 1.807) is 0 Å². The predicted molar refractivity (Wildman–Crippen MR) is 80.4 cm³/mol. The number of carbonyl (C=O) groups excluding carboxylic acids is 2. The van der Waals surface area contributed by atoms with Gasteiger partial charge in [-0.3, -0.25) is 9.59 Å². The van der Waals surface area contributed by atoms with Crippen LogP contribution in [0.3, 0.4) is 0 Å². The molecule has 1 aliphatic heterocycles. The van der Waals surface area contributed by atoms with Crippen molar-refractivity contribution < 1.29 is 23.9 Å². The number of hydrogen-bond donors (Lipinski definition) is 3. The van der Waals surface area contributed by atoms with E-state index >= 15 is 0 Å². The minimum Gasteiger partial charge on any atom is -0.475 e. The van der Waals surface area contributed by atoms with E-state index in [-0.39, 0.29) is 41.2 Å². The molecular weight excluding hydrogens is 343 g/mol. The number of imidazole rings is 1. The molecule has 0 spiro atoms. The Bertz CT molecular complexity index is 860. The number of carbonyl (C=O) groups is 3. The maximum absolute atomic E-state index is 13.3. The fourth-order valence-corrected chi connectivity index (χ4v) is 2.57. The van der Waals surface area contributed by atoms with Crippen molar-refractivity contribution in [3.8, 4) is 0 Å². The standard InChI is InChI=1S/C14H10ClFN4O4/c15-7-1-6(2-8(16)3-7)13(22)19-11-9-4-17-10(21)5-20(9)12(18-11)14(23)24/h1-3H,4-5H2,(H,17,21)(H,19,22)(H,23,24). The Morgan fingerprint density at radius 3 is 2.79 bits per heavy atom. The van der Waals surface area contributed by atoms with E-state index < -0.39 is 17.7 Å². The van der Waals surface area contributed by atoms with Gasteiger partial charge in [0.05, 0.1) is 12.2 Å². The lowest BCUT2D eigenvalue weighted by Crippen LogP contribution is -2.35. The van der Waals surface area contributed by atoms with Gasteiger partial charge in [-0.25, -0.2) is 14.2 Å². The Kier molecular flexibility index (Phi) is 3.94. The quantitative estimate of drug-likeness (QED) is 0.769. The molecule has 8 nitrogen and oxygen atoms in total. The second-order valence-corrected chi connectivity index (χ2v) is 5.45. The first-order valence-electron chi connectivity index (χ1n) is 6.72. The Labute approximate surface area is 139 Å². The molecule has 3 N–H and O–H groups in total. The second kappa shape index (κ2) is 5.93. The van der Waals surface area contributed by atoms with Crippen molar-refractivity contribution in [2.75, 3.05) is 5.32 Å². The number of fused-ring (bicyclic) bond motifs is 1. The maximum Gasteiger partial charge on any atom is 0.372 e. The minimum absolute atomic E-state index is 0.0125. The van der Waals surface area contributed by atoms with Crippen LogP contribution in [-0.2, 0) is 17.9 Å². The molecule has 0 saturated carbocycles. The van der Waals surface area contributed by atoms with Gasteiger partial charge in [-0.1, -0.05) is 11.6 Å². The van der Waals surface area contributed by atoms with Crippen LogP contribution < -0.4 is 10.6 Å². The monoisotopic (exact) mass is 352 g/mol. The largest absolute Gasteiger partial charge is 0.475 e. The Hall–Kier alpha value is -2.94. The molecular formula is C14H10ClFN4O4. The molecule has 2 amide bonds. The molecule has 24 heavy (non-hydrogen) atoms. The number of amides is 2. The first-order valence-corrected chi connectivity index (χ1v) is 7.10. The van der Waals surface area contributed by atoms with Crippen molar-refractivity contribution in [2.24, 2.45) is 0 Å². The van der Waals surface area contributed by atoms with Gasteiger partial charge in [0, 0.05) is 10.6 Å². The summed E-state index contributed by atoms with van der Waals surface area (Å²) < 4.78 is 14.5. The van der Waals surface area contributed by atoms with Crippen LogP contribution in [0.4, 0.5) is 10.2 Å². The van der Waals surface area contributed by atoms with Gasteiger partial charge < -0.3 is 20.3 Å². The molecule has 0 bridgehead atoms. The van der Waals surface area contributed by atoms with Gasteiger partial charge in [-0.15, -0.1) is 0 Å². The summed E-state index contributed by atoms with van der Waals surface area (Å²) in [5.41, 5.74) is 0.293. The van der Waals surface area contributed by atoms with Gasteiger partial charge in [0.2, 0.25) is 11.7 Å². The summed E-state index contributed by atoms with van der Waals surface area (Å²) in [5, 5.41) is 14.2. The summed E-state index contributed by atoms with van der Waals surface area (Å²) in [6.07, 6.45) is 0. The number of halogens is 2. The van der Waals surface area contributed by atoms with Gasteiger partial charge in [-0.05, 0) is 18.2 Å². The highest BCUT2D eigenvalue weighted by molar-refractivity contribution is 6.31. The average Bonchev–Trinajstić information content (AvgIpc) is 2.84. The molecule has 2 aromatic rings. The van der Waals surface area contributed by atoms with Crippen LogP contribution in [0.25, 0.3) is 0 Å². The highest BCUT2D eigenvalue weighted by atomic mass is 35.5.